The number of piperidine rings is 1. The van der Waals surface area contributed by atoms with E-state index in [1.807, 2.05) is 6.92 Å². The summed E-state index contributed by atoms with van der Waals surface area (Å²) in [5, 5.41) is 3.39. The fourth-order valence-electron chi connectivity index (χ4n) is 2.77. The SMILES string of the molecule is CCn1ccnc(N(CC2CCNCC2)C(C)C)c1=O. The molecule has 0 aliphatic carbocycles. The Hall–Kier alpha value is -1.36. The van der Waals surface area contributed by atoms with Gasteiger partial charge in [-0.2, -0.15) is 0 Å². The lowest BCUT2D eigenvalue weighted by Crippen LogP contribution is -2.43. The zero-order valence-corrected chi connectivity index (χ0v) is 12.8. The van der Waals surface area contributed by atoms with Gasteiger partial charge in [0.15, 0.2) is 5.82 Å². The highest BCUT2D eigenvalue weighted by atomic mass is 16.1. The third-order valence-corrected chi connectivity index (χ3v) is 4.05. The molecule has 112 valence electrons. The third kappa shape index (κ3) is 3.39. The van der Waals surface area contributed by atoms with E-state index in [0.29, 0.717) is 18.3 Å². The van der Waals surface area contributed by atoms with Crippen molar-refractivity contribution in [2.24, 2.45) is 5.92 Å². The van der Waals surface area contributed by atoms with E-state index in [1.165, 1.54) is 12.8 Å². The lowest BCUT2D eigenvalue weighted by atomic mass is 9.97. The molecule has 1 saturated heterocycles. The molecule has 2 heterocycles. The molecule has 1 fully saturated rings. The van der Waals surface area contributed by atoms with Gasteiger partial charge in [0.05, 0.1) is 0 Å². The number of aromatic nitrogens is 2. The summed E-state index contributed by atoms with van der Waals surface area (Å²) in [4.78, 5) is 19.0. The highest BCUT2D eigenvalue weighted by molar-refractivity contribution is 5.37. The molecule has 0 bridgehead atoms. The Kier molecular flexibility index (Phi) is 5.17. The molecule has 0 amide bonds. The molecule has 1 aromatic heterocycles. The summed E-state index contributed by atoms with van der Waals surface area (Å²) >= 11 is 0. The average molecular weight is 278 g/mol. The summed E-state index contributed by atoms with van der Waals surface area (Å²) in [5.74, 6) is 1.25. The van der Waals surface area contributed by atoms with E-state index in [4.69, 9.17) is 0 Å². The monoisotopic (exact) mass is 278 g/mol. The summed E-state index contributed by atoms with van der Waals surface area (Å²) < 4.78 is 1.72. The zero-order chi connectivity index (χ0) is 14.5. The number of anilines is 1. The zero-order valence-electron chi connectivity index (χ0n) is 12.8. The lowest BCUT2D eigenvalue weighted by molar-refractivity contribution is 0.366. The number of rotatable bonds is 5. The van der Waals surface area contributed by atoms with E-state index in [2.05, 4.69) is 29.0 Å². The van der Waals surface area contributed by atoms with Crippen molar-refractivity contribution in [3.8, 4) is 0 Å². The number of aryl methyl sites for hydroxylation is 1. The summed E-state index contributed by atoms with van der Waals surface area (Å²) in [7, 11) is 0. The van der Waals surface area contributed by atoms with Crippen molar-refractivity contribution in [2.45, 2.75) is 46.2 Å². The maximum absolute atomic E-state index is 12.4. The topological polar surface area (TPSA) is 50.2 Å². The van der Waals surface area contributed by atoms with Crippen LogP contribution in [-0.4, -0.2) is 35.2 Å². The van der Waals surface area contributed by atoms with Crippen LogP contribution in [0.25, 0.3) is 0 Å². The van der Waals surface area contributed by atoms with Crippen LogP contribution in [0.15, 0.2) is 17.2 Å². The van der Waals surface area contributed by atoms with Gasteiger partial charge >= 0.3 is 0 Å². The number of nitrogens with zero attached hydrogens (tertiary/aromatic N) is 3. The fourth-order valence-corrected chi connectivity index (χ4v) is 2.77. The molecule has 0 atom stereocenters. The van der Waals surface area contributed by atoms with Crippen molar-refractivity contribution in [1.29, 1.82) is 0 Å². The summed E-state index contributed by atoms with van der Waals surface area (Å²) in [6.45, 7) is 10.0. The van der Waals surface area contributed by atoms with Crippen LogP contribution < -0.4 is 15.8 Å². The third-order valence-electron chi connectivity index (χ3n) is 4.05. The number of hydrogen-bond donors (Lipinski definition) is 1. The van der Waals surface area contributed by atoms with Gasteiger partial charge in [-0.3, -0.25) is 4.79 Å². The minimum atomic E-state index is 0.0256. The largest absolute Gasteiger partial charge is 0.349 e. The van der Waals surface area contributed by atoms with Crippen LogP contribution in [0.4, 0.5) is 5.82 Å². The molecule has 1 aliphatic rings. The van der Waals surface area contributed by atoms with E-state index in [-0.39, 0.29) is 11.6 Å². The molecule has 20 heavy (non-hydrogen) atoms. The van der Waals surface area contributed by atoms with E-state index in [0.717, 1.165) is 19.6 Å². The second-order valence-corrected chi connectivity index (χ2v) is 5.78. The van der Waals surface area contributed by atoms with Gasteiger partial charge in [0, 0.05) is 31.5 Å². The molecule has 0 aromatic carbocycles. The van der Waals surface area contributed by atoms with Crippen LogP contribution >= 0.6 is 0 Å². The van der Waals surface area contributed by atoms with Gasteiger partial charge in [-0.15, -0.1) is 0 Å². The first-order valence-corrected chi connectivity index (χ1v) is 7.66. The van der Waals surface area contributed by atoms with Crippen molar-refractivity contribution in [3.63, 3.8) is 0 Å². The quantitative estimate of drug-likeness (QED) is 0.886. The van der Waals surface area contributed by atoms with Crippen LogP contribution in [0.2, 0.25) is 0 Å². The van der Waals surface area contributed by atoms with E-state index >= 15 is 0 Å². The summed E-state index contributed by atoms with van der Waals surface area (Å²) in [5.41, 5.74) is 0.0256. The number of nitrogens with one attached hydrogen (secondary N) is 1. The highest BCUT2D eigenvalue weighted by Gasteiger charge is 2.22. The van der Waals surface area contributed by atoms with Crippen LogP contribution in [0.1, 0.15) is 33.6 Å². The maximum Gasteiger partial charge on any atom is 0.293 e. The smallest absolute Gasteiger partial charge is 0.293 e. The van der Waals surface area contributed by atoms with Crippen LogP contribution in [-0.2, 0) is 6.54 Å². The Morgan fingerprint density at radius 1 is 1.45 bits per heavy atom. The Labute approximate surface area is 121 Å². The first kappa shape index (κ1) is 15.0. The Morgan fingerprint density at radius 3 is 2.75 bits per heavy atom. The van der Waals surface area contributed by atoms with Crippen LogP contribution in [0.3, 0.4) is 0 Å². The van der Waals surface area contributed by atoms with Crippen LogP contribution in [0.5, 0.6) is 0 Å². The molecule has 0 saturated carbocycles. The van der Waals surface area contributed by atoms with Gasteiger partial charge in [0.25, 0.3) is 5.56 Å². The predicted molar refractivity (Wildman–Crippen MR) is 82.2 cm³/mol. The molecular formula is C15H26N4O. The number of hydrogen-bond acceptors (Lipinski definition) is 4. The molecule has 1 N–H and O–H groups in total. The normalized spacial score (nSPS) is 16.6. The van der Waals surface area contributed by atoms with E-state index in [1.54, 1.807) is 17.0 Å². The molecule has 0 radical (unpaired) electrons. The minimum absolute atomic E-state index is 0.0256. The predicted octanol–water partition coefficient (Wildman–Crippen LogP) is 1.48. The van der Waals surface area contributed by atoms with Gasteiger partial charge in [-0.1, -0.05) is 0 Å². The first-order valence-electron chi connectivity index (χ1n) is 7.66. The maximum atomic E-state index is 12.4. The molecule has 5 heteroatoms. The van der Waals surface area contributed by atoms with Gasteiger partial charge in [-0.05, 0) is 52.6 Å². The van der Waals surface area contributed by atoms with Gasteiger partial charge in [0.2, 0.25) is 0 Å². The lowest BCUT2D eigenvalue weighted by Gasteiger charge is -2.33. The second-order valence-electron chi connectivity index (χ2n) is 5.78. The van der Waals surface area contributed by atoms with Crippen molar-refractivity contribution in [2.75, 3.05) is 24.5 Å². The Bertz CT molecular complexity index is 477. The highest BCUT2D eigenvalue weighted by Crippen LogP contribution is 2.18. The molecule has 5 nitrogen and oxygen atoms in total. The van der Waals surface area contributed by atoms with E-state index in [9.17, 15) is 4.79 Å². The summed E-state index contributed by atoms with van der Waals surface area (Å²) in [6, 6.07) is 0.290. The standard InChI is InChI=1S/C15H26N4O/c1-4-18-10-9-17-14(15(18)20)19(12(2)3)11-13-5-7-16-8-6-13/h9-10,12-13,16H,4-8,11H2,1-3H3. The van der Waals surface area contributed by atoms with Crippen LogP contribution in [0, 0.1) is 5.92 Å². The van der Waals surface area contributed by atoms with Crippen molar-refractivity contribution in [3.05, 3.63) is 22.7 Å². The van der Waals surface area contributed by atoms with Crippen molar-refractivity contribution >= 4 is 5.82 Å². The van der Waals surface area contributed by atoms with Gasteiger partial charge in [-0.25, -0.2) is 4.98 Å². The molecular weight excluding hydrogens is 252 g/mol. The Balaban J connectivity index is 2.22. The Morgan fingerprint density at radius 2 is 2.15 bits per heavy atom. The molecule has 2 rings (SSSR count). The second kappa shape index (κ2) is 6.88. The van der Waals surface area contributed by atoms with Gasteiger partial charge < -0.3 is 14.8 Å². The molecule has 0 unspecified atom stereocenters. The van der Waals surface area contributed by atoms with Crippen molar-refractivity contribution < 1.29 is 0 Å². The fraction of sp³-hybridized carbons (Fsp3) is 0.733. The van der Waals surface area contributed by atoms with E-state index < -0.39 is 0 Å². The van der Waals surface area contributed by atoms with Gasteiger partial charge in [0.1, 0.15) is 0 Å². The molecule has 1 aliphatic heterocycles. The first-order chi connectivity index (χ1) is 9.63. The average Bonchev–Trinajstić information content (AvgIpc) is 2.46. The molecule has 0 spiro atoms. The minimum Gasteiger partial charge on any atom is -0.349 e. The summed E-state index contributed by atoms with van der Waals surface area (Å²) in [6.07, 6.45) is 5.85. The van der Waals surface area contributed by atoms with Crippen molar-refractivity contribution in [1.82, 2.24) is 14.9 Å². The molecule has 1 aromatic rings.